The summed E-state index contributed by atoms with van der Waals surface area (Å²) in [6.45, 7) is 12.8. The molecule has 2 aromatic rings. The van der Waals surface area contributed by atoms with Crippen molar-refractivity contribution in [3.8, 4) is 0 Å². The highest BCUT2D eigenvalue weighted by Crippen LogP contribution is 2.38. The van der Waals surface area contributed by atoms with Gasteiger partial charge in [0.25, 0.3) is 5.69 Å². The highest BCUT2D eigenvalue weighted by molar-refractivity contribution is 6.81. The van der Waals surface area contributed by atoms with Crippen LogP contribution in [0.3, 0.4) is 0 Å². The number of carbonyl (C=O) groups is 1. The Kier molecular flexibility index (Phi) is 5.32. The lowest BCUT2D eigenvalue weighted by molar-refractivity contribution is -0.384. The van der Waals surface area contributed by atoms with Gasteiger partial charge in [0.15, 0.2) is 0 Å². The van der Waals surface area contributed by atoms with Crippen LogP contribution in [0.5, 0.6) is 0 Å². The fourth-order valence-corrected chi connectivity index (χ4v) is 4.85. The minimum absolute atomic E-state index is 0.0136. The molecule has 1 aliphatic rings. The van der Waals surface area contributed by atoms with E-state index in [1.807, 2.05) is 11.1 Å². The molecule has 2 aromatic carbocycles. The maximum absolute atomic E-state index is 13.4. The standard InChI is InChI=1S/C23H26N2O3Si/c1-15-11-16(2)22(17(3)12-15)24-13-20(23(26)21(24)14-29(4,5)6)18-7-9-19(10-8-18)25(27)28/h7-14H,1-6H3/b21-14+. The molecule has 1 heterocycles. The van der Waals surface area contributed by atoms with Crippen molar-refractivity contribution in [3.63, 3.8) is 0 Å². The van der Waals surface area contributed by atoms with Crippen LogP contribution in [-0.2, 0) is 4.79 Å². The number of rotatable bonds is 4. The quantitative estimate of drug-likeness (QED) is 0.282. The largest absolute Gasteiger partial charge is 0.313 e. The van der Waals surface area contributed by atoms with E-state index < -0.39 is 13.0 Å². The molecule has 0 N–H and O–H groups in total. The van der Waals surface area contributed by atoms with Gasteiger partial charge in [0, 0.05) is 23.9 Å². The molecule has 0 unspecified atom stereocenters. The van der Waals surface area contributed by atoms with Crippen molar-refractivity contribution >= 4 is 30.8 Å². The van der Waals surface area contributed by atoms with Gasteiger partial charge >= 0.3 is 0 Å². The number of carbonyl (C=O) groups excluding carboxylic acids is 1. The Labute approximate surface area is 172 Å². The number of nitrogens with zero attached hydrogens (tertiary/aromatic N) is 2. The molecule has 0 radical (unpaired) electrons. The maximum atomic E-state index is 13.4. The monoisotopic (exact) mass is 406 g/mol. The molecular weight excluding hydrogens is 380 g/mol. The summed E-state index contributed by atoms with van der Waals surface area (Å²) in [5.41, 5.74) is 8.48. The molecule has 0 spiro atoms. The Balaban J connectivity index is 2.17. The van der Waals surface area contributed by atoms with Crippen molar-refractivity contribution in [1.29, 1.82) is 0 Å². The average Bonchev–Trinajstić information content (AvgIpc) is 2.89. The molecule has 29 heavy (non-hydrogen) atoms. The third-order valence-electron chi connectivity index (χ3n) is 4.83. The minimum atomic E-state index is -1.69. The molecule has 0 saturated carbocycles. The van der Waals surface area contributed by atoms with Crippen LogP contribution >= 0.6 is 0 Å². The number of non-ortho nitro benzene ring substituents is 1. The number of hydrogen-bond acceptors (Lipinski definition) is 4. The SMILES string of the molecule is Cc1cc(C)c(N2C=C(c3ccc([N+](=O)[O-])cc3)C(=O)/C2=C\[Si](C)(C)C)c(C)c1. The third-order valence-corrected chi connectivity index (χ3v) is 5.97. The summed E-state index contributed by atoms with van der Waals surface area (Å²) in [7, 11) is -1.69. The first-order chi connectivity index (χ1) is 13.5. The summed E-state index contributed by atoms with van der Waals surface area (Å²) >= 11 is 0. The summed E-state index contributed by atoms with van der Waals surface area (Å²) in [6, 6.07) is 10.4. The van der Waals surface area contributed by atoms with Gasteiger partial charge in [0.2, 0.25) is 5.78 Å². The number of anilines is 1. The topological polar surface area (TPSA) is 63.4 Å². The Morgan fingerprint density at radius 3 is 2.03 bits per heavy atom. The van der Waals surface area contributed by atoms with E-state index in [0.717, 1.165) is 16.8 Å². The van der Waals surface area contributed by atoms with Crippen LogP contribution in [0.15, 0.2) is 54.0 Å². The van der Waals surface area contributed by atoms with Crippen molar-refractivity contribution in [2.75, 3.05) is 4.90 Å². The van der Waals surface area contributed by atoms with E-state index in [2.05, 4.69) is 58.2 Å². The first kappa shape index (κ1) is 20.7. The number of allylic oxidation sites excluding steroid dienone is 1. The van der Waals surface area contributed by atoms with E-state index in [-0.39, 0.29) is 11.5 Å². The second-order valence-electron chi connectivity index (χ2n) is 8.69. The number of hydrogen-bond donors (Lipinski definition) is 0. The van der Waals surface area contributed by atoms with Gasteiger partial charge in [-0.3, -0.25) is 14.9 Å². The molecule has 0 atom stereocenters. The van der Waals surface area contributed by atoms with Gasteiger partial charge in [0.1, 0.15) is 0 Å². The lowest BCUT2D eigenvalue weighted by Crippen LogP contribution is -2.24. The number of aryl methyl sites for hydroxylation is 3. The van der Waals surface area contributed by atoms with Crippen LogP contribution in [0.1, 0.15) is 22.3 Å². The number of benzene rings is 2. The van der Waals surface area contributed by atoms with Crippen molar-refractivity contribution in [3.05, 3.63) is 86.4 Å². The third kappa shape index (κ3) is 4.22. The highest BCUT2D eigenvalue weighted by atomic mass is 28.3. The van der Waals surface area contributed by atoms with Crippen molar-refractivity contribution < 1.29 is 9.72 Å². The van der Waals surface area contributed by atoms with Gasteiger partial charge in [-0.2, -0.15) is 0 Å². The van der Waals surface area contributed by atoms with Crippen molar-refractivity contribution in [1.82, 2.24) is 0 Å². The normalized spacial score (nSPS) is 15.8. The molecule has 0 amide bonds. The predicted molar refractivity (Wildman–Crippen MR) is 121 cm³/mol. The summed E-state index contributed by atoms with van der Waals surface area (Å²) in [5, 5.41) is 11.0. The van der Waals surface area contributed by atoms with Gasteiger partial charge < -0.3 is 4.90 Å². The van der Waals surface area contributed by atoms with Gasteiger partial charge in [-0.25, -0.2) is 0 Å². The molecule has 6 heteroatoms. The molecular formula is C23H26N2O3Si. The molecule has 0 bridgehead atoms. The van der Waals surface area contributed by atoms with E-state index in [9.17, 15) is 14.9 Å². The van der Waals surface area contributed by atoms with Gasteiger partial charge in [-0.15, -0.1) is 0 Å². The fraction of sp³-hybridized carbons (Fsp3) is 0.261. The number of Topliss-reactive ketones (excluding diaryl/α,β-unsaturated/α-hetero) is 1. The molecule has 5 nitrogen and oxygen atoms in total. The highest BCUT2D eigenvalue weighted by Gasteiger charge is 2.33. The van der Waals surface area contributed by atoms with E-state index in [4.69, 9.17) is 0 Å². The molecule has 0 aromatic heterocycles. The Morgan fingerprint density at radius 1 is 1.00 bits per heavy atom. The summed E-state index contributed by atoms with van der Waals surface area (Å²) in [5.74, 6) is -0.0411. The number of ketones is 1. The first-order valence-electron chi connectivity index (χ1n) is 9.59. The smallest absolute Gasteiger partial charge is 0.269 e. The van der Waals surface area contributed by atoms with Gasteiger partial charge in [0.05, 0.1) is 24.4 Å². The summed E-state index contributed by atoms with van der Waals surface area (Å²) in [6.07, 6.45) is 1.88. The number of nitro benzene ring substituents is 1. The summed E-state index contributed by atoms with van der Waals surface area (Å²) in [4.78, 5) is 25.9. The second-order valence-corrected chi connectivity index (χ2v) is 13.7. The lowest BCUT2D eigenvalue weighted by atomic mass is 10.0. The average molecular weight is 407 g/mol. The van der Waals surface area contributed by atoms with Gasteiger partial charge in [-0.1, -0.05) is 43.0 Å². The molecule has 0 fully saturated rings. The zero-order valence-electron chi connectivity index (χ0n) is 17.7. The van der Waals surface area contributed by atoms with E-state index in [1.165, 1.54) is 17.7 Å². The Morgan fingerprint density at radius 2 is 1.55 bits per heavy atom. The fourth-order valence-electron chi connectivity index (χ4n) is 3.76. The molecule has 0 aliphatic carbocycles. The molecule has 0 saturated heterocycles. The Hall–Kier alpha value is -2.99. The maximum Gasteiger partial charge on any atom is 0.269 e. The lowest BCUT2D eigenvalue weighted by Gasteiger charge is -2.24. The van der Waals surface area contributed by atoms with E-state index in [1.54, 1.807) is 12.1 Å². The van der Waals surface area contributed by atoms with Crippen LogP contribution < -0.4 is 4.90 Å². The van der Waals surface area contributed by atoms with Gasteiger partial charge in [-0.05, 0) is 49.6 Å². The van der Waals surface area contributed by atoms with Crippen molar-refractivity contribution in [2.45, 2.75) is 40.4 Å². The zero-order chi connectivity index (χ0) is 21.5. The van der Waals surface area contributed by atoms with E-state index in [0.29, 0.717) is 16.8 Å². The zero-order valence-corrected chi connectivity index (χ0v) is 18.7. The molecule has 1 aliphatic heterocycles. The molecule has 3 rings (SSSR count). The van der Waals surface area contributed by atoms with Crippen LogP contribution in [0.2, 0.25) is 19.6 Å². The second kappa shape index (κ2) is 7.44. The predicted octanol–water partition coefficient (Wildman–Crippen LogP) is 5.71. The van der Waals surface area contributed by atoms with Crippen molar-refractivity contribution in [2.24, 2.45) is 0 Å². The van der Waals surface area contributed by atoms with Crippen LogP contribution in [0, 0.1) is 30.9 Å². The van der Waals surface area contributed by atoms with Crippen LogP contribution in [0.4, 0.5) is 11.4 Å². The minimum Gasteiger partial charge on any atom is -0.313 e. The summed E-state index contributed by atoms with van der Waals surface area (Å²) < 4.78 is 0. The van der Waals surface area contributed by atoms with Crippen LogP contribution in [-0.4, -0.2) is 18.8 Å². The first-order valence-corrected chi connectivity index (χ1v) is 13.2. The molecule has 150 valence electrons. The number of nitro groups is 1. The Bertz CT molecular complexity index is 1040. The van der Waals surface area contributed by atoms with Crippen LogP contribution in [0.25, 0.3) is 5.57 Å². The van der Waals surface area contributed by atoms with E-state index >= 15 is 0 Å².